The predicted molar refractivity (Wildman–Crippen MR) is 127 cm³/mol. The van der Waals surface area contributed by atoms with Crippen LogP contribution in [0.5, 0.6) is 0 Å². The van der Waals surface area contributed by atoms with E-state index in [1.165, 1.54) is 19.3 Å². The van der Waals surface area contributed by atoms with Gasteiger partial charge in [-0.1, -0.05) is 23.7 Å². The van der Waals surface area contributed by atoms with E-state index in [1.54, 1.807) is 16.2 Å². The summed E-state index contributed by atoms with van der Waals surface area (Å²) in [6, 6.07) is 13.9. The number of para-hydroxylation sites is 1. The highest BCUT2D eigenvalue weighted by molar-refractivity contribution is 7.18. The van der Waals surface area contributed by atoms with Crippen LogP contribution in [0, 0.1) is 0 Å². The molecule has 158 valence electrons. The van der Waals surface area contributed by atoms with Gasteiger partial charge in [-0.05, 0) is 56.5 Å². The van der Waals surface area contributed by atoms with Gasteiger partial charge in [0.25, 0.3) is 0 Å². The van der Waals surface area contributed by atoms with Crippen LogP contribution in [0.2, 0.25) is 5.02 Å². The van der Waals surface area contributed by atoms with Crippen molar-refractivity contribution in [1.82, 2.24) is 9.88 Å². The number of benzene rings is 2. The van der Waals surface area contributed by atoms with Crippen LogP contribution in [0.15, 0.2) is 42.5 Å². The van der Waals surface area contributed by atoms with Crippen LogP contribution in [0.4, 0.5) is 11.4 Å². The largest absolute Gasteiger partial charge is 0.374 e. The Kier molecular flexibility index (Phi) is 6.44. The lowest BCUT2D eigenvalue weighted by Crippen LogP contribution is -2.35. The van der Waals surface area contributed by atoms with Crippen molar-refractivity contribution in [3.8, 4) is 0 Å². The Morgan fingerprint density at radius 3 is 2.77 bits per heavy atom. The molecule has 2 heterocycles. The molecule has 1 unspecified atom stereocenters. The average Bonchev–Trinajstić information content (AvgIpc) is 3.21. The fourth-order valence-electron chi connectivity index (χ4n) is 3.81. The minimum absolute atomic E-state index is 0.0197. The number of piperidine rings is 1. The molecule has 1 N–H and O–H groups in total. The molecule has 0 bridgehead atoms. The monoisotopic (exact) mass is 442 g/mol. The zero-order valence-electron chi connectivity index (χ0n) is 17.4. The maximum atomic E-state index is 12.9. The van der Waals surface area contributed by atoms with E-state index < -0.39 is 0 Å². The summed E-state index contributed by atoms with van der Waals surface area (Å²) >= 11 is 7.88. The van der Waals surface area contributed by atoms with Crippen molar-refractivity contribution in [2.45, 2.75) is 32.2 Å². The fraction of sp³-hybridized carbons (Fsp3) is 0.391. The molecule has 2 aromatic carbocycles. The van der Waals surface area contributed by atoms with Gasteiger partial charge >= 0.3 is 0 Å². The number of likely N-dealkylation sites (N-methyl/N-ethyl adjacent to an activating group) is 1. The van der Waals surface area contributed by atoms with E-state index in [1.807, 2.05) is 50.4 Å². The molecule has 4 rings (SSSR count). The Hall–Kier alpha value is -2.31. The van der Waals surface area contributed by atoms with Crippen molar-refractivity contribution in [2.75, 3.05) is 36.9 Å². The van der Waals surface area contributed by atoms with Crippen molar-refractivity contribution < 1.29 is 4.79 Å². The minimum atomic E-state index is -0.0855. The first-order chi connectivity index (χ1) is 14.5. The maximum absolute atomic E-state index is 12.9. The molecule has 1 aliphatic rings. The zero-order valence-corrected chi connectivity index (χ0v) is 19.0. The third-order valence-electron chi connectivity index (χ3n) is 5.73. The van der Waals surface area contributed by atoms with Gasteiger partial charge in [0.2, 0.25) is 5.91 Å². The number of anilines is 2. The summed E-state index contributed by atoms with van der Waals surface area (Å²) < 4.78 is 1.14. The van der Waals surface area contributed by atoms with Crippen LogP contribution in [0.3, 0.4) is 0 Å². The number of fused-ring (bicyclic) bond motifs is 1. The summed E-state index contributed by atoms with van der Waals surface area (Å²) in [5, 5.41) is 4.95. The summed E-state index contributed by atoms with van der Waals surface area (Å²) in [6.07, 6.45) is 3.67. The van der Waals surface area contributed by atoms with Gasteiger partial charge in [0, 0.05) is 25.2 Å². The number of nitrogens with zero attached hydrogens (tertiary/aromatic N) is 3. The fourth-order valence-corrected chi connectivity index (χ4v) is 5.04. The molecule has 1 amide bonds. The topological polar surface area (TPSA) is 48.5 Å². The highest BCUT2D eigenvalue weighted by Crippen LogP contribution is 2.32. The number of nitrogens with one attached hydrogen (secondary N) is 1. The van der Waals surface area contributed by atoms with Gasteiger partial charge in [-0.2, -0.15) is 0 Å². The standard InChI is InChI=1S/C23H27ClN4OS/c1-16(23-26-18-8-4-5-9-21(18)30-23)27(2)22(29)15-25-19-14-17(24)10-11-20(19)28-12-6-3-7-13-28/h4-5,8-11,14,16,25H,3,6-7,12-13,15H2,1-2H3. The Morgan fingerprint density at radius 2 is 2.00 bits per heavy atom. The Balaban J connectivity index is 1.44. The third-order valence-corrected chi connectivity index (χ3v) is 7.17. The maximum Gasteiger partial charge on any atom is 0.242 e. The molecule has 7 heteroatoms. The number of carbonyl (C=O) groups is 1. The molecule has 3 aromatic rings. The normalized spacial score (nSPS) is 15.2. The van der Waals surface area contributed by atoms with E-state index in [9.17, 15) is 4.79 Å². The molecule has 0 saturated carbocycles. The molecule has 0 aliphatic carbocycles. The first kappa shape index (κ1) is 20.9. The van der Waals surface area contributed by atoms with Crippen LogP contribution < -0.4 is 10.2 Å². The molecule has 0 radical (unpaired) electrons. The number of halogens is 1. The number of hydrogen-bond donors (Lipinski definition) is 1. The molecule has 1 fully saturated rings. The van der Waals surface area contributed by atoms with Gasteiger partial charge in [-0.3, -0.25) is 4.79 Å². The van der Waals surface area contributed by atoms with Crippen molar-refractivity contribution in [2.24, 2.45) is 0 Å². The lowest BCUT2D eigenvalue weighted by Gasteiger charge is -2.31. The molecular weight excluding hydrogens is 416 g/mol. The number of aromatic nitrogens is 1. The minimum Gasteiger partial charge on any atom is -0.374 e. The smallest absolute Gasteiger partial charge is 0.242 e. The first-order valence-corrected chi connectivity index (χ1v) is 11.6. The van der Waals surface area contributed by atoms with Crippen LogP contribution in [0.25, 0.3) is 10.2 Å². The summed E-state index contributed by atoms with van der Waals surface area (Å²) in [6.45, 7) is 4.32. The highest BCUT2D eigenvalue weighted by Gasteiger charge is 2.21. The van der Waals surface area contributed by atoms with Crippen LogP contribution in [-0.4, -0.2) is 42.5 Å². The molecule has 1 atom stereocenters. The molecule has 1 aromatic heterocycles. The molecule has 0 spiro atoms. The van der Waals surface area contributed by atoms with Gasteiger partial charge in [-0.15, -0.1) is 11.3 Å². The quantitative estimate of drug-likeness (QED) is 0.542. The molecule has 1 aliphatic heterocycles. The number of hydrogen-bond acceptors (Lipinski definition) is 5. The number of rotatable bonds is 6. The lowest BCUT2D eigenvalue weighted by molar-refractivity contribution is -0.129. The summed E-state index contributed by atoms with van der Waals surface area (Å²) in [5.74, 6) is 0.0197. The predicted octanol–water partition coefficient (Wildman–Crippen LogP) is 5.57. The number of thiazole rings is 1. The van der Waals surface area contributed by atoms with E-state index in [2.05, 4.69) is 16.3 Å². The Labute approximate surface area is 186 Å². The van der Waals surface area contributed by atoms with Gasteiger partial charge < -0.3 is 15.1 Å². The summed E-state index contributed by atoms with van der Waals surface area (Å²) in [5.41, 5.74) is 3.01. The second-order valence-corrected chi connectivity index (χ2v) is 9.26. The number of amides is 1. The van der Waals surface area contributed by atoms with Gasteiger partial charge in [-0.25, -0.2) is 4.98 Å². The highest BCUT2D eigenvalue weighted by atomic mass is 35.5. The van der Waals surface area contributed by atoms with Crippen LogP contribution in [0.1, 0.15) is 37.2 Å². The molecule has 1 saturated heterocycles. The Bertz CT molecular complexity index is 998. The Morgan fingerprint density at radius 1 is 1.23 bits per heavy atom. The SMILES string of the molecule is CC(c1nc2ccccc2s1)N(C)C(=O)CNc1cc(Cl)ccc1N1CCCCC1. The first-order valence-electron chi connectivity index (χ1n) is 10.4. The third kappa shape index (κ3) is 4.55. The second-order valence-electron chi connectivity index (χ2n) is 7.76. The zero-order chi connectivity index (χ0) is 21.1. The summed E-state index contributed by atoms with van der Waals surface area (Å²) in [4.78, 5) is 21.7. The van der Waals surface area contributed by atoms with Crippen molar-refractivity contribution in [1.29, 1.82) is 0 Å². The van der Waals surface area contributed by atoms with Crippen LogP contribution in [-0.2, 0) is 4.79 Å². The lowest BCUT2D eigenvalue weighted by atomic mass is 10.1. The summed E-state index contributed by atoms with van der Waals surface area (Å²) in [7, 11) is 1.84. The van der Waals surface area contributed by atoms with Crippen LogP contribution >= 0.6 is 22.9 Å². The second kappa shape index (κ2) is 9.23. The van der Waals surface area contributed by atoms with Gasteiger partial charge in [0.05, 0.1) is 34.2 Å². The molecular formula is C23H27ClN4OS. The van der Waals surface area contributed by atoms with E-state index >= 15 is 0 Å². The van der Waals surface area contributed by atoms with Crippen molar-refractivity contribution in [3.05, 3.63) is 52.5 Å². The van der Waals surface area contributed by atoms with E-state index in [-0.39, 0.29) is 18.5 Å². The molecule has 30 heavy (non-hydrogen) atoms. The van der Waals surface area contributed by atoms with E-state index in [0.717, 1.165) is 39.7 Å². The number of carbonyl (C=O) groups excluding carboxylic acids is 1. The van der Waals surface area contributed by atoms with Gasteiger partial charge in [0.1, 0.15) is 5.01 Å². The average molecular weight is 443 g/mol. The van der Waals surface area contributed by atoms with Crippen molar-refractivity contribution >= 4 is 50.4 Å². The van der Waals surface area contributed by atoms with E-state index in [0.29, 0.717) is 5.02 Å². The molecule has 5 nitrogen and oxygen atoms in total. The van der Waals surface area contributed by atoms with Gasteiger partial charge in [0.15, 0.2) is 0 Å². The van der Waals surface area contributed by atoms with E-state index in [4.69, 9.17) is 16.6 Å². The van der Waals surface area contributed by atoms with Crippen molar-refractivity contribution in [3.63, 3.8) is 0 Å².